The van der Waals surface area contributed by atoms with Crippen molar-refractivity contribution in [1.29, 1.82) is 0 Å². The van der Waals surface area contributed by atoms with Gasteiger partial charge in [0.1, 0.15) is 18.1 Å². The molecule has 1 heterocycles. The zero-order chi connectivity index (χ0) is 12.1. The lowest BCUT2D eigenvalue weighted by Crippen LogP contribution is -1.96. The number of benzene rings is 1. The van der Waals surface area contributed by atoms with Crippen molar-refractivity contribution in [3.8, 4) is 11.5 Å². The highest BCUT2D eigenvalue weighted by molar-refractivity contribution is 7.09. The van der Waals surface area contributed by atoms with E-state index in [0.717, 1.165) is 17.1 Å². The zero-order valence-electron chi connectivity index (χ0n) is 9.48. The third-order valence-corrected chi connectivity index (χ3v) is 3.50. The van der Waals surface area contributed by atoms with Crippen LogP contribution in [0.15, 0.2) is 35.7 Å². The summed E-state index contributed by atoms with van der Waals surface area (Å²) in [6, 6.07) is 9.73. The molecule has 0 amide bonds. The summed E-state index contributed by atoms with van der Waals surface area (Å²) in [6.45, 7) is 0.577. The van der Waals surface area contributed by atoms with Gasteiger partial charge in [0.2, 0.25) is 0 Å². The lowest BCUT2D eigenvalue weighted by atomic mass is 10.2. The Morgan fingerprint density at radius 3 is 2.82 bits per heavy atom. The maximum Gasteiger partial charge on any atom is 0.124 e. The summed E-state index contributed by atoms with van der Waals surface area (Å²) in [4.78, 5) is 1.20. The number of halogens is 1. The van der Waals surface area contributed by atoms with Crippen LogP contribution in [-0.4, -0.2) is 7.11 Å². The van der Waals surface area contributed by atoms with Crippen LogP contribution < -0.4 is 9.47 Å². The predicted octanol–water partition coefficient (Wildman–Crippen LogP) is 4.07. The van der Waals surface area contributed by atoms with Crippen LogP contribution in [0.4, 0.5) is 0 Å². The fraction of sp³-hybridized carbons (Fsp3) is 0.231. The Balaban J connectivity index is 2.09. The van der Waals surface area contributed by atoms with Gasteiger partial charge in [-0.15, -0.1) is 22.9 Å². The molecule has 2 aromatic rings. The molecule has 2 nitrogen and oxygen atoms in total. The van der Waals surface area contributed by atoms with Gasteiger partial charge < -0.3 is 9.47 Å². The Bertz CT molecular complexity index is 468. The highest BCUT2D eigenvalue weighted by Gasteiger charge is 2.05. The Morgan fingerprint density at radius 2 is 2.18 bits per heavy atom. The average molecular weight is 269 g/mol. The maximum absolute atomic E-state index is 5.89. The Hall–Kier alpha value is -1.19. The molecule has 90 valence electrons. The molecule has 17 heavy (non-hydrogen) atoms. The smallest absolute Gasteiger partial charge is 0.124 e. The van der Waals surface area contributed by atoms with Crippen molar-refractivity contribution in [2.24, 2.45) is 0 Å². The summed E-state index contributed by atoms with van der Waals surface area (Å²) >= 11 is 7.57. The first-order chi connectivity index (χ1) is 8.33. The molecule has 4 heteroatoms. The molecule has 0 spiro atoms. The zero-order valence-corrected chi connectivity index (χ0v) is 11.1. The first kappa shape index (κ1) is 12.3. The van der Waals surface area contributed by atoms with E-state index in [1.54, 1.807) is 18.4 Å². The molecule has 2 rings (SSSR count). The van der Waals surface area contributed by atoms with Gasteiger partial charge in [-0.25, -0.2) is 0 Å². The molecular weight excluding hydrogens is 256 g/mol. The lowest BCUT2D eigenvalue weighted by Gasteiger charge is -2.10. The van der Waals surface area contributed by atoms with Crippen LogP contribution in [0.5, 0.6) is 11.5 Å². The van der Waals surface area contributed by atoms with E-state index in [2.05, 4.69) is 6.07 Å². The lowest BCUT2D eigenvalue weighted by molar-refractivity contribution is 0.306. The van der Waals surface area contributed by atoms with Gasteiger partial charge in [-0.2, -0.15) is 0 Å². The molecule has 0 aliphatic carbocycles. The molecule has 0 saturated heterocycles. The number of ether oxygens (including phenoxy) is 2. The van der Waals surface area contributed by atoms with E-state index in [1.807, 2.05) is 29.6 Å². The van der Waals surface area contributed by atoms with E-state index in [1.165, 1.54) is 4.88 Å². The number of thiophene rings is 1. The molecular formula is C13H13ClO2S. The van der Waals surface area contributed by atoms with Crippen LogP contribution in [0.3, 0.4) is 0 Å². The number of rotatable bonds is 5. The van der Waals surface area contributed by atoms with E-state index in [0.29, 0.717) is 12.5 Å². The van der Waals surface area contributed by atoms with Crippen molar-refractivity contribution in [2.45, 2.75) is 12.5 Å². The molecule has 1 aromatic heterocycles. The summed E-state index contributed by atoms with van der Waals surface area (Å²) in [7, 11) is 1.64. The summed E-state index contributed by atoms with van der Waals surface area (Å²) in [5.41, 5.74) is 0.947. The standard InChI is InChI=1S/C13H13ClO2S/c1-15-11-4-5-13(10(7-11)8-14)16-9-12-3-2-6-17-12/h2-7H,8-9H2,1H3. The van der Waals surface area contributed by atoms with Gasteiger partial charge in [-0.1, -0.05) is 6.07 Å². The average Bonchev–Trinajstić information content (AvgIpc) is 2.89. The largest absolute Gasteiger partial charge is 0.497 e. The molecule has 0 N–H and O–H groups in total. The Morgan fingerprint density at radius 1 is 1.29 bits per heavy atom. The van der Waals surface area contributed by atoms with Crippen molar-refractivity contribution in [2.75, 3.05) is 7.11 Å². The molecule has 0 unspecified atom stereocenters. The number of alkyl halides is 1. The quantitative estimate of drug-likeness (QED) is 0.761. The van der Waals surface area contributed by atoms with Gasteiger partial charge in [0.15, 0.2) is 0 Å². The minimum Gasteiger partial charge on any atom is -0.497 e. The van der Waals surface area contributed by atoms with Gasteiger partial charge in [0, 0.05) is 10.4 Å². The Kier molecular flexibility index (Phi) is 4.29. The van der Waals surface area contributed by atoms with Crippen molar-refractivity contribution in [3.63, 3.8) is 0 Å². The van der Waals surface area contributed by atoms with Gasteiger partial charge in [-0.05, 0) is 29.6 Å². The highest BCUT2D eigenvalue weighted by Crippen LogP contribution is 2.26. The van der Waals surface area contributed by atoms with Crippen LogP contribution in [0.2, 0.25) is 0 Å². The summed E-state index contributed by atoms with van der Waals surface area (Å²) in [6.07, 6.45) is 0. The first-order valence-electron chi connectivity index (χ1n) is 5.21. The van der Waals surface area contributed by atoms with E-state index >= 15 is 0 Å². The van der Waals surface area contributed by atoms with Crippen molar-refractivity contribution in [3.05, 3.63) is 46.2 Å². The number of methoxy groups -OCH3 is 1. The van der Waals surface area contributed by atoms with Crippen LogP contribution >= 0.6 is 22.9 Å². The summed E-state index contributed by atoms with van der Waals surface area (Å²) in [5.74, 6) is 2.02. The minimum atomic E-state index is 0.414. The number of hydrogen-bond donors (Lipinski definition) is 0. The number of hydrogen-bond acceptors (Lipinski definition) is 3. The molecule has 0 radical (unpaired) electrons. The van der Waals surface area contributed by atoms with Crippen LogP contribution in [-0.2, 0) is 12.5 Å². The first-order valence-corrected chi connectivity index (χ1v) is 6.63. The van der Waals surface area contributed by atoms with Gasteiger partial charge in [0.25, 0.3) is 0 Å². The molecule has 0 aliphatic heterocycles. The molecule has 0 fully saturated rings. The van der Waals surface area contributed by atoms with Gasteiger partial charge in [-0.3, -0.25) is 0 Å². The van der Waals surface area contributed by atoms with Crippen LogP contribution in [0.25, 0.3) is 0 Å². The molecule has 0 saturated carbocycles. The summed E-state index contributed by atoms with van der Waals surface area (Å²) < 4.78 is 10.9. The van der Waals surface area contributed by atoms with Crippen molar-refractivity contribution >= 4 is 22.9 Å². The molecule has 0 aliphatic rings. The second kappa shape index (κ2) is 5.94. The van der Waals surface area contributed by atoms with E-state index in [9.17, 15) is 0 Å². The highest BCUT2D eigenvalue weighted by atomic mass is 35.5. The summed E-state index contributed by atoms with van der Waals surface area (Å²) in [5, 5.41) is 2.04. The van der Waals surface area contributed by atoms with Crippen LogP contribution in [0, 0.1) is 0 Å². The second-order valence-corrected chi connectivity index (χ2v) is 4.77. The predicted molar refractivity (Wildman–Crippen MR) is 71.2 cm³/mol. The normalized spacial score (nSPS) is 10.2. The molecule has 0 atom stereocenters. The third kappa shape index (κ3) is 3.14. The molecule has 0 bridgehead atoms. The van der Waals surface area contributed by atoms with Crippen LogP contribution in [0.1, 0.15) is 10.4 Å². The fourth-order valence-electron chi connectivity index (χ4n) is 1.47. The third-order valence-electron chi connectivity index (χ3n) is 2.36. The minimum absolute atomic E-state index is 0.414. The Labute approximate surface area is 110 Å². The van der Waals surface area contributed by atoms with Gasteiger partial charge >= 0.3 is 0 Å². The van der Waals surface area contributed by atoms with E-state index in [-0.39, 0.29) is 0 Å². The van der Waals surface area contributed by atoms with Crippen molar-refractivity contribution in [1.82, 2.24) is 0 Å². The SMILES string of the molecule is COc1ccc(OCc2cccs2)c(CCl)c1. The monoisotopic (exact) mass is 268 g/mol. The second-order valence-electron chi connectivity index (χ2n) is 3.48. The van der Waals surface area contributed by atoms with Gasteiger partial charge in [0.05, 0.1) is 13.0 Å². The maximum atomic E-state index is 5.89. The molecule has 1 aromatic carbocycles. The van der Waals surface area contributed by atoms with E-state index < -0.39 is 0 Å². The fourth-order valence-corrected chi connectivity index (χ4v) is 2.30. The topological polar surface area (TPSA) is 18.5 Å². The van der Waals surface area contributed by atoms with Crippen molar-refractivity contribution < 1.29 is 9.47 Å². The van der Waals surface area contributed by atoms with E-state index in [4.69, 9.17) is 21.1 Å².